The van der Waals surface area contributed by atoms with Gasteiger partial charge in [0.15, 0.2) is 0 Å². The van der Waals surface area contributed by atoms with Crippen LogP contribution in [0.4, 0.5) is 0 Å². The predicted octanol–water partition coefficient (Wildman–Crippen LogP) is 0.862. The number of hydrogen-bond acceptors (Lipinski definition) is 4. The van der Waals surface area contributed by atoms with Crippen LogP contribution in [0.5, 0.6) is 0 Å². The minimum absolute atomic E-state index is 0.0548. The van der Waals surface area contributed by atoms with Gasteiger partial charge in [-0.1, -0.05) is 0 Å². The summed E-state index contributed by atoms with van der Waals surface area (Å²) in [6.07, 6.45) is 0.819. The number of nitrogens with zero attached hydrogens (tertiary/aromatic N) is 2. The lowest BCUT2D eigenvalue weighted by molar-refractivity contribution is 0.679. The Morgan fingerprint density at radius 1 is 1.64 bits per heavy atom. The lowest BCUT2D eigenvalue weighted by Crippen LogP contribution is -2.21. The number of fused-ring (bicyclic) bond motifs is 2. The van der Waals surface area contributed by atoms with E-state index in [9.17, 15) is 4.79 Å². The van der Waals surface area contributed by atoms with Crippen molar-refractivity contribution in [2.24, 2.45) is 5.73 Å². The van der Waals surface area contributed by atoms with Crippen LogP contribution >= 0.6 is 11.3 Å². The molecule has 0 bridgehead atoms. The average molecular weight is 207 g/mol. The average Bonchev–Trinajstić information content (AvgIpc) is 2.75. The van der Waals surface area contributed by atoms with E-state index in [0.717, 1.165) is 17.1 Å². The third-order valence-corrected chi connectivity index (χ3v) is 3.41. The monoisotopic (exact) mass is 207 g/mol. The number of hydrogen-bond donors (Lipinski definition) is 1. The van der Waals surface area contributed by atoms with E-state index in [2.05, 4.69) is 4.98 Å². The summed E-state index contributed by atoms with van der Waals surface area (Å²) in [5.41, 5.74) is 5.91. The highest BCUT2D eigenvalue weighted by Crippen LogP contribution is 2.23. The van der Waals surface area contributed by atoms with Crippen LogP contribution in [0.2, 0.25) is 0 Å². The Bertz CT molecular complexity index is 557. The third kappa shape index (κ3) is 0.908. The minimum atomic E-state index is -0.0748. The Balaban J connectivity index is 2.47. The van der Waals surface area contributed by atoms with Gasteiger partial charge < -0.3 is 5.73 Å². The van der Waals surface area contributed by atoms with Crippen LogP contribution in [-0.2, 0) is 6.54 Å². The van der Waals surface area contributed by atoms with Gasteiger partial charge in [-0.25, -0.2) is 4.98 Å². The van der Waals surface area contributed by atoms with Gasteiger partial charge in [-0.2, -0.15) is 0 Å². The summed E-state index contributed by atoms with van der Waals surface area (Å²) in [6.45, 7) is 0.702. The van der Waals surface area contributed by atoms with Crippen molar-refractivity contribution >= 4 is 21.6 Å². The molecule has 0 amide bonds. The fourth-order valence-corrected chi connectivity index (χ4v) is 2.62. The fourth-order valence-electron chi connectivity index (χ4n) is 1.86. The van der Waals surface area contributed by atoms with Gasteiger partial charge in [0.2, 0.25) is 0 Å². The molecule has 0 radical (unpaired) electrons. The Labute approximate surface area is 84.0 Å². The van der Waals surface area contributed by atoms with Crippen molar-refractivity contribution in [3.8, 4) is 0 Å². The molecular formula is C9H9N3OS. The molecule has 0 aliphatic carbocycles. The standard InChI is InChI=1S/C9H9N3OS/c10-6-1-3-12-7(6)11-8-5(9(12)13)2-4-14-8/h2,4,6H,1,3,10H2. The zero-order chi connectivity index (χ0) is 9.71. The van der Waals surface area contributed by atoms with Gasteiger partial charge in [0.1, 0.15) is 10.7 Å². The van der Waals surface area contributed by atoms with Crippen molar-refractivity contribution in [3.63, 3.8) is 0 Å². The summed E-state index contributed by atoms with van der Waals surface area (Å²) in [4.78, 5) is 17.1. The maximum atomic E-state index is 11.9. The molecule has 5 heteroatoms. The van der Waals surface area contributed by atoms with Crippen molar-refractivity contribution < 1.29 is 0 Å². The Hall–Kier alpha value is -1.20. The summed E-state index contributed by atoms with van der Waals surface area (Å²) >= 11 is 1.49. The van der Waals surface area contributed by atoms with Crippen LogP contribution in [0.3, 0.4) is 0 Å². The van der Waals surface area contributed by atoms with Crippen LogP contribution in [0, 0.1) is 0 Å². The largest absolute Gasteiger partial charge is 0.321 e. The van der Waals surface area contributed by atoms with E-state index in [1.54, 1.807) is 4.57 Å². The minimum Gasteiger partial charge on any atom is -0.321 e. The molecule has 2 aromatic rings. The molecule has 0 aromatic carbocycles. The third-order valence-electron chi connectivity index (χ3n) is 2.61. The number of aromatic nitrogens is 2. The van der Waals surface area contributed by atoms with Crippen molar-refractivity contribution in [1.82, 2.24) is 9.55 Å². The highest BCUT2D eigenvalue weighted by atomic mass is 32.1. The van der Waals surface area contributed by atoms with Crippen molar-refractivity contribution in [2.45, 2.75) is 19.0 Å². The summed E-state index contributed by atoms with van der Waals surface area (Å²) in [6, 6.07) is 1.75. The van der Waals surface area contributed by atoms with Crippen molar-refractivity contribution in [2.75, 3.05) is 0 Å². The normalized spacial score (nSPS) is 20.2. The van der Waals surface area contributed by atoms with Crippen molar-refractivity contribution in [1.29, 1.82) is 0 Å². The quantitative estimate of drug-likeness (QED) is 0.697. The molecule has 3 rings (SSSR count). The molecule has 1 unspecified atom stereocenters. The van der Waals surface area contributed by atoms with Crippen molar-refractivity contribution in [3.05, 3.63) is 27.6 Å². The van der Waals surface area contributed by atoms with Gasteiger partial charge >= 0.3 is 0 Å². The molecule has 0 fully saturated rings. The summed E-state index contributed by atoms with van der Waals surface area (Å²) in [7, 11) is 0. The molecule has 0 saturated carbocycles. The number of thiophene rings is 1. The van der Waals surface area contributed by atoms with E-state index < -0.39 is 0 Å². The zero-order valence-corrected chi connectivity index (χ0v) is 8.25. The number of rotatable bonds is 0. The highest BCUT2D eigenvalue weighted by Gasteiger charge is 2.23. The smallest absolute Gasteiger partial charge is 0.262 e. The highest BCUT2D eigenvalue weighted by molar-refractivity contribution is 7.16. The second kappa shape index (κ2) is 2.65. The van der Waals surface area contributed by atoms with Crippen LogP contribution < -0.4 is 11.3 Å². The molecule has 72 valence electrons. The zero-order valence-electron chi connectivity index (χ0n) is 7.43. The molecule has 3 heterocycles. The number of nitrogens with two attached hydrogens (primary N) is 1. The van der Waals surface area contributed by atoms with Crippen LogP contribution in [0.25, 0.3) is 10.2 Å². The molecule has 1 aliphatic heterocycles. The molecular weight excluding hydrogens is 198 g/mol. The Morgan fingerprint density at radius 3 is 3.36 bits per heavy atom. The van der Waals surface area contributed by atoms with Gasteiger partial charge in [0, 0.05) is 6.54 Å². The molecule has 0 saturated heterocycles. The van der Waals surface area contributed by atoms with E-state index in [0.29, 0.717) is 11.9 Å². The first-order chi connectivity index (χ1) is 6.77. The van der Waals surface area contributed by atoms with Gasteiger partial charge in [0.25, 0.3) is 5.56 Å². The maximum Gasteiger partial charge on any atom is 0.262 e. The van der Waals surface area contributed by atoms with E-state index in [-0.39, 0.29) is 11.6 Å². The van der Waals surface area contributed by atoms with E-state index in [1.807, 2.05) is 11.4 Å². The van der Waals surface area contributed by atoms with Gasteiger partial charge in [-0.15, -0.1) is 11.3 Å². The lowest BCUT2D eigenvalue weighted by Gasteiger charge is -2.03. The predicted molar refractivity (Wildman–Crippen MR) is 55.4 cm³/mol. The topological polar surface area (TPSA) is 60.9 Å². The fraction of sp³-hybridized carbons (Fsp3) is 0.333. The summed E-state index contributed by atoms with van der Waals surface area (Å²) in [5.74, 6) is 0.741. The lowest BCUT2D eigenvalue weighted by atomic mass is 10.3. The molecule has 1 atom stereocenters. The Morgan fingerprint density at radius 2 is 2.50 bits per heavy atom. The molecule has 0 spiro atoms. The molecule has 14 heavy (non-hydrogen) atoms. The van der Waals surface area contributed by atoms with Crippen LogP contribution in [-0.4, -0.2) is 9.55 Å². The summed E-state index contributed by atoms with van der Waals surface area (Å²) in [5, 5.41) is 2.60. The SMILES string of the molecule is NC1CCn2c1nc1sccc1c2=O. The molecule has 1 aliphatic rings. The van der Waals surface area contributed by atoms with E-state index in [4.69, 9.17) is 5.73 Å². The van der Waals surface area contributed by atoms with Crippen LogP contribution in [0.1, 0.15) is 18.3 Å². The Kier molecular flexibility index (Phi) is 1.54. The molecule has 4 nitrogen and oxygen atoms in total. The first kappa shape index (κ1) is 8.14. The van der Waals surface area contributed by atoms with E-state index in [1.165, 1.54) is 11.3 Å². The first-order valence-electron chi connectivity index (χ1n) is 4.51. The second-order valence-corrected chi connectivity index (χ2v) is 4.36. The van der Waals surface area contributed by atoms with Gasteiger partial charge in [0.05, 0.1) is 11.4 Å². The van der Waals surface area contributed by atoms with E-state index >= 15 is 0 Å². The van der Waals surface area contributed by atoms with Gasteiger partial charge in [-0.05, 0) is 17.9 Å². The molecule has 2 aromatic heterocycles. The first-order valence-corrected chi connectivity index (χ1v) is 5.39. The second-order valence-electron chi connectivity index (χ2n) is 3.46. The van der Waals surface area contributed by atoms with Gasteiger partial charge in [-0.3, -0.25) is 9.36 Å². The molecule has 2 N–H and O–H groups in total. The summed E-state index contributed by atoms with van der Waals surface area (Å²) < 4.78 is 1.69. The van der Waals surface area contributed by atoms with Crippen LogP contribution in [0.15, 0.2) is 16.2 Å². The maximum absolute atomic E-state index is 11.9.